The Kier molecular flexibility index (Phi) is 8.39. The van der Waals surface area contributed by atoms with Gasteiger partial charge in [0.15, 0.2) is 5.25 Å². The molecule has 6 heteroatoms. The molecule has 0 aromatic rings. The largest absolute Gasteiger partial charge is 0.228 e. The molecule has 0 fully saturated rings. The second-order valence-corrected chi connectivity index (χ2v) is 5.76. The standard InChI is InChI=1S/C11H19N3O2S/c1-2-3-4-5-7-11(10-13)17(15,16)14-9-6-8-12/h11,14H,2-7,9H2,1H3. The highest BCUT2D eigenvalue weighted by atomic mass is 32.2. The zero-order valence-corrected chi connectivity index (χ0v) is 11.0. The number of hydrogen-bond acceptors (Lipinski definition) is 4. The first-order valence-electron chi connectivity index (χ1n) is 5.83. The molecule has 1 atom stereocenters. The van der Waals surface area contributed by atoms with Crippen molar-refractivity contribution in [3.05, 3.63) is 0 Å². The van der Waals surface area contributed by atoms with Crippen LogP contribution in [0.25, 0.3) is 0 Å². The van der Waals surface area contributed by atoms with E-state index in [0.29, 0.717) is 6.42 Å². The van der Waals surface area contributed by atoms with Crippen molar-refractivity contribution in [1.82, 2.24) is 4.72 Å². The van der Waals surface area contributed by atoms with Crippen molar-refractivity contribution >= 4 is 10.0 Å². The lowest BCUT2D eigenvalue weighted by molar-refractivity contribution is 0.562. The molecule has 0 saturated heterocycles. The van der Waals surface area contributed by atoms with Gasteiger partial charge in [-0.15, -0.1) is 0 Å². The fourth-order valence-corrected chi connectivity index (χ4v) is 2.60. The second-order valence-electron chi connectivity index (χ2n) is 3.81. The number of nitrogens with one attached hydrogen (secondary N) is 1. The molecule has 0 saturated carbocycles. The van der Waals surface area contributed by atoms with Crippen molar-refractivity contribution in [3.8, 4) is 12.1 Å². The summed E-state index contributed by atoms with van der Waals surface area (Å²) >= 11 is 0. The van der Waals surface area contributed by atoms with Gasteiger partial charge in [-0.05, 0) is 6.42 Å². The zero-order valence-electron chi connectivity index (χ0n) is 10.1. The van der Waals surface area contributed by atoms with Crippen molar-refractivity contribution in [3.63, 3.8) is 0 Å². The summed E-state index contributed by atoms with van der Waals surface area (Å²) in [5.74, 6) is 0. The highest BCUT2D eigenvalue weighted by Gasteiger charge is 2.23. The molecule has 17 heavy (non-hydrogen) atoms. The quantitative estimate of drug-likeness (QED) is 0.636. The lowest BCUT2D eigenvalue weighted by Crippen LogP contribution is -2.34. The molecule has 0 aliphatic heterocycles. The third kappa shape index (κ3) is 6.93. The maximum atomic E-state index is 11.7. The Morgan fingerprint density at radius 2 is 1.94 bits per heavy atom. The summed E-state index contributed by atoms with van der Waals surface area (Å²) in [7, 11) is -3.59. The second kappa shape index (κ2) is 8.98. The van der Waals surface area contributed by atoms with Crippen LogP contribution in [0, 0.1) is 22.7 Å². The molecule has 5 nitrogen and oxygen atoms in total. The van der Waals surface area contributed by atoms with Crippen LogP contribution in [0.2, 0.25) is 0 Å². The van der Waals surface area contributed by atoms with E-state index in [0.717, 1.165) is 25.7 Å². The molecule has 0 aromatic carbocycles. The van der Waals surface area contributed by atoms with Gasteiger partial charge in [0.25, 0.3) is 0 Å². The van der Waals surface area contributed by atoms with Gasteiger partial charge < -0.3 is 0 Å². The van der Waals surface area contributed by atoms with Gasteiger partial charge in [-0.3, -0.25) is 0 Å². The van der Waals surface area contributed by atoms with Crippen LogP contribution in [0.5, 0.6) is 0 Å². The van der Waals surface area contributed by atoms with Crippen LogP contribution in [0.3, 0.4) is 0 Å². The predicted octanol–water partition coefficient (Wildman–Crippen LogP) is 1.68. The van der Waals surface area contributed by atoms with E-state index in [-0.39, 0.29) is 13.0 Å². The minimum atomic E-state index is -3.59. The Bertz CT molecular complexity index is 379. The van der Waals surface area contributed by atoms with Crippen LogP contribution in [0.4, 0.5) is 0 Å². The van der Waals surface area contributed by atoms with Gasteiger partial charge in [0, 0.05) is 13.0 Å². The molecule has 96 valence electrons. The highest BCUT2D eigenvalue weighted by molar-refractivity contribution is 7.90. The molecule has 0 aliphatic carbocycles. The van der Waals surface area contributed by atoms with Crippen molar-refractivity contribution < 1.29 is 8.42 Å². The number of rotatable bonds is 9. The minimum absolute atomic E-state index is 0.0754. The van der Waals surface area contributed by atoms with E-state index in [1.807, 2.05) is 12.1 Å². The van der Waals surface area contributed by atoms with Gasteiger partial charge in [0.05, 0.1) is 12.1 Å². The van der Waals surface area contributed by atoms with Gasteiger partial charge >= 0.3 is 0 Å². The molecular formula is C11H19N3O2S. The summed E-state index contributed by atoms with van der Waals surface area (Å²) in [6.45, 7) is 2.15. The predicted molar refractivity (Wildman–Crippen MR) is 65.3 cm³/mol. The molecule has 0 heterocycles. The molecule has 0 rings (SSSR count). The summed E-state index contributed by atoms with van der Waals surface area (Å²) in [6, 6.07) is 3.66. The Morgan fingerprint density at radius 1 is 1.24 bits per heavy atom. The highest BCUT2D eigenvalue weighted by Crippen LogP contribution is 2.10. The average molecular weight is 257 g/mol. The van der Waals surface area contributed by atoms with Crippen LogP contribution in [0.1, 0.15) is 45.4 Å². The van der Waals surface area contributed by atoms with E-state index in [1.165, 1.54) is 0 Å². The first-order chi connectivity index (χ1) is 8.08. The van der Waals surface area contributed by atoms with Gasteiger partial charge in [0.1, 0.15) is 0 Å². The minimum Gasteiger partial charge on any atom is -0.213 e. The lowest BCUT2D eigenvalue weighted by atomic mass is 10.1. The summed E-state index contributed by atoms with van der Waals surface area (Å²) < 4.78 is 25.6. The van der Waals surface area contributed by atoms with Crippen LogP contribution >= 0.6 is 0 Å². The van der Waals surface area contributed by atoms with E-state index in [1.54, 1.807) is 0 Å². The molecular weight excluding hydrogens is 238 g/mol. The van der Waals surface area contributed by atoms with Gasteiger partial charge in [-0.2, -0.15) is 10.5 Å². The van der Waals surface area contributed by atoms with Gasteiger partial charge in [0.2, 0.25) is 10.0 Å². The molecule has 1 N–H and O–H groups in total. The SMILES string of the molecule is CCCCCCC(C#N)S(=O)(=O)NCCC#N. The summed E-state index contributed by atoms with van der Waals surface area (Å²) in [5, 5.41) is 16.1. The zero-order chi connectivity index (χ0) is 13.1. The molecule has 0 amide bonds. The fourth-order valence-electron chi connectivity index (χ4n) is 1.40. The van der Waals surface area contributed by atoms with E-state index >= 15 is 0 Å². The number of nitriles is 2. The smallest absolute Gasteiger partial charge is 0.213 e. The molecule has 0 aromatic heterocycles. The topological polar surface area (TPSA) is 93.8 Å². The fraction of sp³-hybridized carbons (Fsp3) is 0.818. The third-order valence-electron chi connectivity index (χ3n) is 2.38. The maximum absolute atomic E-state index is 11.7. The summed E-state index contributed by atoms with van der Waals surface area (Å²) in [4.78, 5) is 0. The molecule has 0 bridgehead atoms. The molecule has 1 unspecified atom stereocenters. The number of unbranched alkanes of at least 4 members (excludes halogenated alkanes) is 3. The first-order valence-corrected chi connectivity index (χ1v) is 7.38. The van der Waals surface area contributed by atoms with E-state index < -0.39 is 15.3 Å². The Morgan fingerprint density at radius 3 is 2.47 bits per heavy atom. The van der Waals surface area contributed by atoms with Gasteiger partial charge in [-0.25, -0.2) is 13.1 Å². The van der Waals surface area contributed by atoms with Crippen molar-refractivity contribution in [2.24, 2.45) is 0 Å². The Labute approximate surface area is 103 Å². The molecule has 0 spiro atoms. The number of nitrogens with zero attached hydrogens (tertiary/aromatic N) is 2. The van der Waals surface area contributed by atoms with E-state index in [2.05, 4.69) is 11.6 Å². The van der Waals surface area contributed by atoms with Crippen molar-refractivity contribution in [1.29, 1.82) is 10.5 Å². The van der Waals surface area contributed by atoms with Gasteiger partial charge in [-0.1, -0.05) is 32.6 Å². The Hall–Kier alpha value is -1.11. The summed E-state index contributed by atoms with van der Waals surface area (Å²) in [6.07, 6.45) is 4.30. The molecule has 0 radical (unpaired) electrons. The van der Waals surface area contributed by atoms with Crippen molar-refractivity contribution in [2.75, 3.05) is 6.54 Å². The normalized spacial score (nSPS) is 12.6. The van der Waals surface area contributed by atoms with Crippen LogP contribution in [0.15, 0.2) is 0 Å². The van der Waals surface area contributed by atoms with E-state index in [4.69, 9.17) is 10.5 Å². The summed E-state index contributed by atoms with van der Waals surface area (Å²) in [5.41, 5.74) is 0. The monoisotopic (exact) mass is 257 g/mol. The van der Waals surface area contributed by atoms with Crippen LogP contribution in [-0.2, 0) is 10.0 Å². The third-order valence-corrected chi connectivity index (χ3v) is 4.08. The number of hydrogen-bond donors (Lipinski definition) is 1. The Balaban J connectivity index is 4.16. The molecule has 0 aliphatic rings. The van der Waals surface area contributed by atoms with Crippen LogP contribution in [-0.4, -0.2) is 20.2 Å². The average Bonchev–Trinajstić information content (AvgIpc) is 2.29. The van der Waals surface area contributed by atoms with Crippen molar-refractivity contribution in [2.45, 2.75) is 50.7 Å². The first kappa shape index (κ1) is 15.9. The van der Waals surface area contributed by atoms with E-state index in [9.17, 15) is 8.42 Å². The number of sulfonamides is 1. The maximum Gasteiger partial charge on any atom is 0.228 e. The van der Waals surface area contributed by atoms with Crippen LogP contribution < -0.4 is 4.72 Å². The lowest BCUT2D eigenvalue weighted by Gasteiger charge is -2.10.